The Bertz CT molecular complexity index is 893. The number of hydrogen-bond acceptors (Lipinski definition) is 5. The number of rotatable bonds is 8. The Labute approximate surface area is 175 Å². The fourth-order valence-corrected chi connectivity index (χ4v) is 2.38. The molecule has 0 saturated heterocycles. The molecule has 3 N–H and O–H groups in total. The molecule has 0 aromatic heterocycles. The van der Waals surface area contributed by atoms with E-state index in [1.165, 1.54) is 0 Å². The summed E-state index contributed by atoms with van der Waals surface area (Å²) in [5.74, 6) is -1.26. The SMILES string of the molecule is C/C(CC(=O)Nc1ccc(OCc2ccccc2)cc1)=N\NC(=O)C(=O)NC(C)C. The zero-order chi connectivity index (χ0) is 21.9. The van der Waals surface area contributed by atoms with Crippen molar-refractivity contribution in [3.8, 4) is 5.75 Å². The van der Waals surface area contributed by atoms with E-state index in [-0.39, 0.29) is 18.4 Å². The van der Waals surface area contributed by atoms with Crippen LogP contribution >= 0.6 is 0 Å². The number of anilines is 1. The number of nitrogens with one attached hydrogen (secondary N) is 3. The molecule has 0 heterocycles. The van der Waals surface area contributed by atoms with E-state index in [0.29, 0.717) is 23.8 Å². The lowest BCUT2D eigenvalue weighted by molar-refractivity contribution is -0.139. The molecule has 3 amide bonds. The average molecular weight is 410 g/mol. The number of carbonyl (C=O) groups is 3. The van der Waals surface area contributed by atoms with E-state index in [1.807, 2.05) is 30.3 Å². The highest BCUT2D eigenvalue weighted by atomic mass is 16.5. The minimum Gasteiger partial charge on any atom is -0.489 e. The van der Waals surface area contributed by atoms with Gasteiger partial charge >= 0.3 is 11.8 Å². The molecule has 2 rings (SSSR count). The molecular weight excluding hydrogens is 384 g/mol. The second-order valence-electron chi connectivity index (χ2n) is 6.94. The standard InChI is InChI=1S/C22H26N4O4/c1-15(2)23-21(28)22(29)26-25-16(3)13-20(27)24-18-9-11-19(12-10-18)30-14-17-7-5-4-6-8-17/h4-12,15H,13-14H2,1-3H3,(H,23,28)(H,24,27)(H,26,29)/b25-16+. The first kappa shape index (κ1) is 22.6. The van der Waals surface area contributed by atoms with Gasteiger partial charge in [0.1, 0.15) is 12.4 Å². The number of amides is 3. The monoisotopic (exact) mass is 410 g/mol. The van der Waals surface area contributed by atoms with Gasteiger partial charge in [-0.15, -0.1) is 0 Å². The highest BCUT2D eigenvalue weighted by molar-refractivity contribution is 6.35. The highest BCUT2D eigenvalue weighted by Gasteiger charge is 2.14. The van der Waals surface area contributed by atoms with Crippen molar-refractivity contribution in [2.24, 2.45) is 5.10 Å². The van der Waals surface area contributed by atoms with Crippen LogP contribution in [0.5, 0.6) is 5.75 Å². The van der Waals surface area contributed by atoms with Crippen LogP contribution in [0.15, 0.2) is 59.7 Å². The maximum atomic E-state index is 12.1. The second-order valence-corrected chi connectivity index (χ2v) is 6.94. The number of benzene rings is 2. The van der Waals surface area contributed by atoms with Crippen LogP contribution in [-0.4, -0.2) is 29.5 Å². The van der Waals surface area contributed by atoms with Crippen molar-refractivity contribution in [2.75, 3.05) is 5.32 Å². The summed E-state index contributed by atoms with van der Waals surface area (Å²) >= 11 is 0. The molecule has 0 atom stereocenters. The lowest BCUT2D eigenvalue weighted by atomic mass is 10.2. The Morgan fingerprint density at radius 2 is 1.63 bits per heavy atom. The summed E-state index contributed by atoms with van der Waals surface area (Å²) in [7, 11) is 0. The third-order valence-corrected chi connectivity index (χ3v) is 3.78. The third kappa shape index (κ3) is 8.14. The van der Waals surface area contributed by atoms with Gasteiger partial charge in [-0.25, -0.2) is 5.43 Å². The molecule has 0 aliphatic rings. The topological polar surface area (TPSA) is 109 Å². The molecule has 2 aromatic rings. The van der Waals surface area contributed by atoms with Crippen LogP contribution in [0.3, 0.4) is 0 Å². The van der Waals surface area contributed by atoms with Gasteiger partial charge in [-0.05, 0) is 50.6 Å². The van der Waals surface area contributed by atoms with Gasteiger partial charge < -0.3 is 15.4 Å². The maximum absolute atomic E-state index is 12.1. The number of nitrogens with zero attached hydrogens (tertiary/aromatic N) is 1. The van der Waals surface area contributed by atoms with Crippen molar-refractivity contribution in [3.63, 3.8) is 0 Å². The third-order valence-electron chi connectivity index (χ3n) is 3.78. The Morgan fingerprint density at radius 3 is 2.27 bits per heavy atom. The molecule has 0 aliphatic heterocycles. The molecule has 8 nitrogen and oxygen atoms in total. The summed E-state index contributed by atoms with van der Waals surface area (Å²) in [4.78, 5) is 35.2. The van der Waals surface area contributed by atoms with Gasteiger partial charge in [0.25, 0.3) is 0 Å². The molecular formula is C22H26N4O4. The molecule has 2 aromatic carbocycles. The first-order valence-corrected chi connectivity index (χ1v) is 9.54. The zero-order valence-electron chi connectivity index (χ0n) is 17.3. The fourth-order valence-electron chi connectivity index (χ4n) is 2.38. The average Bonchev–Trinajstić information content (AvgIpc) is 2.71. The quantitative estimate of drug-likeness (QED) is 0.353. The molecule has 8 heteroatoms. The summed E-state index contributed by atoms with van der Waals surface area (Å²) in [5.41, 5.74) is 4.17. The van der Waals surface area contributed by atoms with Crippen LogP contribution in [0, 0.1) is 0 Å². The lowest BCUT2D eigenvalue weighted by Crippen LogP contribution is -2.41. The van der Waals surface area contributed by atoms with Crippen LogP contribution in [0.1, 0.15) is 32.8 Å². The Balaban J connectivity index is 1.78. The molecule has 0 saturated carbocycles. The van der Waals surface area contributed by atoms with Gasteiger partial charge in [0.2, 0.25) is 5.91 Å². The van der Waals surface area contributed by atoms with E-state index in [1.54, 1.807) is 45.0 Å². The summed E-state index contributed by atoms with van der Waals surface area (Å²) in [6.45, 7) is 5.53. The molecule has 30 heavy (non-hydrogen) atoms. The molecule has 0 bridgehead atoms. The Hall–Kier alpha value is -3.68. The summed E-state index contributed by atoms with van der Waals surface area (Å²) in [6, 6.07) is 16.7. The molecule has 0 fully saturated rings. The predicted molar refractivity (Wildman–Crippen MR) is 115 cm³/mol. The van der Waals surface area contributed by atoms with Crippen molar-refractivity contribution < 1.29 is 19.1 Å². The second kappa shape index (κ2) is 11.4. The zero-order valence-corrected chi connectivity index (χ0v) is 17.3. The number of carbonyl (C=O) groups excluding carboxylic acids is 3. The van der Waals surface area contributed by atoms with Gasteiger partial charge in [0, 0.05) is 17.4 Å². The van der Waals surface area contributed by atoms with Crippen molar-refractivity contribution in [2.45, 2.75) is 39.8 Å². The van der Waals surface area contributed by atoms with E-state index < -0.39 is 11.8 Å². The van der Waals surface area contributed by atoms with E-state index in [0.717, 1.165) is 5.56 Å². The number of hydrazone groups is 1. The van der Waals surface area contributed by atoms with Gasteiger partial charge in [0.05, 0.1) is 6.42 Å². The molecule has 0 spiro atoms. The maximum Gasteiger partial charge on any atom is 0.329 e. The van der Waals surface area contributed by atoms with Crippen molar-refractivity contribution in [1.82, 2.24) is 10.7 Å². The van der Waals surface area contributed by atoms with Crippen LogP contribution < -0.4 is 20.8 Å². The fraction of sp³-hybridized carbons (Fsp3) is 0.273. The first-order valence-electron chi connectivity index (χ1n) is 9.54. The van der Waals surface area contributed by atoms with Crippen molar-refractivity contribution in [3.05, 3.63) is 60.2 Å². The molecule has 0 unspecified atom stereocenters. The van der Waals surface area contributed by atoms with E-state index in [4.69, 9.17) is 4.74 Å². The van der Waals surface area contributed by atoms with E-state index in [2.05, 4.69) is 21.2 Å². The summed E-state index contributed by atoms with van der Waals surface area (Å²) in [5, 5.41) is 8.97. The first-order chi connectivity index (χ1) is 14.3. The minimum atomic E-state index is -0.880. The van der Waals surface area contributed by atoms with Crippen LogP contribution in [0.4, 0.5) is 5.69 Å². The van der Waals surface area contributed by atoms with Gasteiger partial charge in [-0.2, -0.15) is 5.10 Å². The largest absolute Gasteiger partial charge is 0.489 e. The smallest absolute Gasteiger partial charge is 0.329 e. The summed E-state index contributed by atoms with van der Waals surface area (Å²) in [6.07, 6.45) is -0.0294. The minimum absolute atomic E-state index is 0.0294. The van der Waals surface area contributed by atoms with Crippen molar-refractivity contribution in [1.29, 1.82) is 0 Å². The van der Waals surface area contributed by atoms with Gasteiger partial charge in [0.15, 0.2) is 0 Å². The van der Waals surface area contributed by atoms with Crippen LogP contribution in [0.25, 0.3) is 0 Å². The van der Waals surface area contributed by atoms with Gasteiger partial charge in [-0.3, -0.25) is 14.4 Å². The highest BCUT2D eigenvalue weighted by Crippen LogP contribution is 2.17. The predicted octanol–water partition coefficient (Wildman–Crippen LogP) is 2.61. The Morgan fingerprint density at radius 1 is 0.967 bits per heavy atom. The van der Waals surface area contributed by atoms with E-state index >= 15 is 0 Å². The van der Waals surface area contributed by atoms with Gasteiger partial charge in [-0.1, -0.05) is 30.3 Å². The Kier molecular flexibility index (Phi) is 8.56. The van der Waals surface area contributed by atoms with E-state index in [9.17, 15) is 14.4 Å². The number of hydrogen-bond donors (Lipinski definition) is 3. The van der Waals surface area contributed by atoms with Crippen LogP contribution in [-0.2, 0) is 21.0 Å². The lowest BCUT2D eigenvalue weighted by Gasteiger charge is -2.09. The normalized spacial score (nSPS) is 11.0. The summed E-state index contributed by atoms with van der Waals surface area (Å²) < 4.78 is 5.71. The number of ether oxygens (including phenoxy) is 1. The molecule has 0 aliphatic carbocycles. The van der Waals surface area contributed by atoms with Crippen LogP contribution in [0.2, 0.25) is 0 Å². The molecule has 158 valence electrons. The van der Waals surface area contributed by atoms with Crippen molar-refractivity contribution >= 4 is 29.1 Å². The molecule has 0 radical (unpaired) electrons.